The van der Waals surface area contributed by atoms with Gasteiger partial charge in [0.25, 0.3) is 0 Å². The van der Waals surface area contributed by atoms with Gasteiger partial charge in [-0.1, -0.05) is 45.4 Å². The summed E-state index contributed by atoms with van der Waals surface area (Å²) in [5, 5.41) is 159. The van der Waals surface area contributed by atoms with E-state index < -0.39 is 185 Å². The van der Waals surface area contributed by atoms with E-state index in [9.17, 15) is 76.3 Å². The molecule has 0 aromatic rings. The van der Waals surface area contributed by atoms with Gasteiger partial charge in [0.2, 0.25) is 0 Å². The molecule has 5 aliphatic rings. The van der Waals surface area contributed by atoms with Crippen LogP contribution in [0.15, 0.2) is 0 Å². The number of carbonyl (C=O) groups is 1. The predicted molar refractivity (Wildman–Crippen MR) is 230 cm³/mol. The highest BCUT2D eigenvalue weighted by Crippen LogP contribution is 2.36. The Balaban J connectivity index is 1.32. The average molecular weight is 1020 g/mol. The highest BCUT2D eigenvalue weighted by molar-refractivity contribution is 5.67. The zero-order valence-electron chi connectivity index (χ0n) is 39.8. The van der Waals surface area contributed by atoms with Crippen molar-refractivity contribution in [2.45, 2.75) is 258 Å². The number of hydrogen-bond acceptors (Lipinski definition) is 25. The highest BCUT2D eigenvalue weighted by atomic mass is 16.8. The molecular formula is C44H78O26. The zero-order chi connectivity index (χ0) is 51.7. The summed E-state index contributed by atoms with van der Waals surface area (Å²) in [4.78, 5) is 10.9. The summed E-state index contributed by atoms with van der Waals surface area (Å²) in [6.45, 7) is 4.71. The molecule has 0 spiro atoms. The van der Waals surface area contributed by atoms with Crippen molar-refractivity contribution in [2.75, 3.05) is 13.2 Å². The maximum Gasteiger partial charge on any atom is 0.305 e. The van der Waals surface area contributed by atoms with E-state index in [1.165, 1.54) is 20.8 Å². The average Bonchev–Trinajstić information content (AvgIpc) is 3.31. The van der Waals surface area contributed by atoms with Crippen LogP contribution in [0.3, 0.4) is 0 Å². The zero-order valence-corrected chi connectivity index (χ0v) is 39.8. The fourth-order valence-corrected chi connectivity index (χ4v) is 9.22. The van der Waals surface area contributed by atoms with Gasteiger partial charge < -0.3 is 124 Å². The summed E-state index contributed by atoms with van der Waals surface area (Å²) in [7, 11) is 0. The fraction of sp³-hybridized carbons (Fsp3) is 0.977. The maximum atomic E-state index is 11.8. The summed E-state index contributed by atoms with van der Waals surface area (Å²) in [5.41, 5.74) is 0. The van der Waals surface area contributed by atoms with E-state index in [0.717, 1.165) is 19.3 Å². The largest absolute Gasteiger partial charge is 0.481 e. The minimum absolute atomic E-state index is 0.335. The van der Waals surface area contributed by atoms with Crippen molar-refractivity contribution in [3.8, 4) is 0 Å². The van der Waals surface area contributed by atoms with E-state index in [0.29, 0.717) is 38.5 Å². The minimum Gasteiger partial charge on any atom is -0.481 e. The van der Waals surface area contributed by atoms with Crippen LogP contribution < -0.4 is 0 Å². The summed E-state index contributed by atoms with van der Waals surface area (Å²) in [5.74, 6) is -1.08. The molecule has 0 saturated carbocycles. The number of carboxylic acid groups (broad SMARTS) is 1. The van der Waals surface area contributed by atoms with Crippen LogP contribution in [0.25, 0.3) is 0 Å². The van der Waals surface area contributed by atoms with Gasteiger partial charge in [0.05, 0.1) is 50.2 Å². The number of aliphatic hydroxyl groups excluding tert-OH is 14. The number of aliphatic carboxylic acids is 1. The predicted octanol–water partition coefficient (Wildman–Crippen LogP) is -5.08. The molecule has 0 bridgehead atoms. The van der Waals surface area contributed by atoms with Crippen LogP contribution >= 0.6 is 0 Å². The third kappa shape index (κ3) is 14.9. The molecule has 27 atom stereocenters. The van der Waals surface area contributed by atoms with Crippen molar-refractivity contribution in [2.24, 2.45) is 0 Å². The van der Waals surface area contributed by atoms with E-state index in [1.54, 1.807) is 0 Å². The third-order valence-electron chi connectivity index (χ3n) is 13.6. The second-order valence-corrected chi connectivity index (χ2v) is 19.1. The Hall–Kier alpha value is -1.49. The van der Waals surface area contributed by atoms with Crippen molar-refractivity contribution in [1.29, 1.82) is 0 Å². The van der Waals surface area contributed by atoms with Crippen LogP contribution in [-0.2, 0) is 52.2 Å². The lowest BCUT2D eigenvalue weighted by atomic mass is 9.96. The van der Waals surface area contributed by atoms with Gasteiger partial charge in [0.15, 0.2) is 31.5 Å². The number of aliphatic hydroxyl groups is 14. The first kappa shape index (κ1) is 59.4. The molecule has 5 heterocycles. The second-order valence-electron chi connectivity index (χ2n) is 19.1. The van der Waals surface area contributed by atoms with Gasteiger partial charge in [-0.25, -0.2) is 0 Å². The van der Waals surface area contributed by atoms with Gasteiger partial charge in [0.1, 0.15) is 104 Å². The first-order valence-corrected chi connectivity index (χ1v) is 24.3. The summed E-state index contributed by atoms with van der Waals surface area (Å²) in [6, 6.07) is 0. The first-order valence-electron chi connectivity index (χ1n) is 24.3. The SMILES string of the molecule is CCC[C@H](CCCCCCC[C@H](O)CC(=O)O)O[C@@H]1O[C@H](CO[C@H]2O[C@@H](C)[C@H](O[C@H]3O[C@@H](C)[C@H](O)[C@@H](O)[C@@H]3O)[C@@H](O)[C@@H]2O)[C@@H](O)[C@H](O)[C@H]1O[C@@H]1O[C@H](CO)[C@@H](O)[C@H](O)[C@H]1O[C@@H]1O[C@H](C)[C@@H](O)[C@H](O)[C@H]1O. The number of ether oxygens (including phenoxy) is 10. The van der Waals surface area contributed by atoms with E-state index in [-0.39, 0.29) is 6.42 Å². The summed E-state index contributed by atoms with van der Waals surface area (Å²) < 4.78 is 59.0. The molecule has 15 N–H and O–H groups in total. The Bertz CT molecular complexity index is 1540. The van der Waals surface area contributed by atoms with Gasteiger partial charge in [-0.3, -0.25) is 4.79 Å². The van der Waals surface area contributed by atoms with Crippen LogP contribution in [0.2, 0.25) is 0 Å². The van der Waals surface area contributed by atoms with Crippen molar-refractivity contribution < 1.29 is 129 Å². The molecule has 26 heteroatoms. The number of hydrogen-bond donors (Lipinski definition) is 15. The lowest BCUT2D eigenvalue weighted by Gasteiger charge is -2.49. The molecule has 0 aliphatic carbocycles. The van der Waals surface area contributed by atoms with Crippen LogP contribution in [0.4, 0.5) is 0 Å². The molecule has 5 aliphatic heterocycles. The van der Waals surface area contributed by atoms with E-state index in [4.69, 9.17) is 52.5 Å². The molecule has 0 amide bonds. The second kappa shape index (κ2) is 27.3. The molecule has 0 aromatic heterocycles. The van der Waals surface area contributed by atoms with Gasteiger partial charge in [-0.2, -0.15) is 0 Å². The first-order chi connectivity index (χ1) is 33.1. The van der Waals surface area contributed by atoms with Gasteiger partial charge >= 0.3 is 5.97 Å². The molecule has 0 radical (unpaired) electrons. The van der Waals surface area contributed by atoms with Gasteiger partial charge in [-0.05, 0) is 40.0 Å². The summed E-state index contributed by atoms with van der Waals surface area (Å²) >= 11 is 0. The lowest BCUT2D eigenvalue weighted by Crippen LogP contribution is -2.67. The van der Waals surface area contributed by atoms with E-state index in [2.05, 4.69) is 0 Å². The standard InChI is InChI=1S/C44H78O26/c1-5-11-21(13-10-8-6-7-9-12-20(46)14-24(47)48)65-43-38(70-44-39(31(55)27(51)22(15-45)66-44)69-42-35(59)30(54)26(50)18(3)63-42)32(56)28(52)23(67-43)16-61-40-36(60)33(57)37(19(4)64-40)68-41-34(58)29(53)25(49)17(2)62-41/h17-23,25-46,49-60H,5-16H2,1-4H3,(H,47,48)/t17-,18+,19-,20-,21+,22+,23+,25-,26+,27+,28+,29+,30-,31-,32-,33-,34-,35+,36-,37-,38+,39+,40-,41+,42-,43+,44-/m0/s1. The van der Waals surface area contributed by atoms with Crippen LogP contribution in [0, 0.1) is 0 Å². The van der Waals surface area contributed by atoms with Crippen LogP contribution in [0.1, 0.15) is 91.9 Å². The highest BCUT2D eigenvalue weighted by Gasteiger charge is 2.55. The van der Waals surface area contributed by atoms with Crippen molar-refractivity contribution in [1.82, 2.24) is 0 Å². The quantitative estimate of drug-likeness (QED) is 0.0402. The molecule has 5 rings (SSSR count). The van der Waals surface area contributed by atoms with Crippen LogP contribution in [-0.4, -0.2) is 262 Å². The van der Waals surface area contributed by atoms with E-state index >= 15 is 0 Å². The number of rotatable bonds is 24. The number of carboxylic acids is 1. The van der Waals surface area contributed by atoms with E-state index in [1.807, 2.05) is 6.92 Å². The summed E-state index contributed by atoms with van der Waals surface area (Å²) in [6.07, 6.45) is -36.8. The Kier molecular flexibility index (Phi) is 23.2. The molecule has 410 valence electrons. The molecule has 5 saturated heterocycles. The molecule has 70 heavy (non-hydrogen) atoms. The lowest BCUT2D eigenvalue weighted by molar-refractivity contribution is -0.397. The maximum absolute atomic E-state index is 11.8. The van der Waals surface area contributed by atoms with Gasteiger partial charge in [-0.15, -0.1) is 0 Å². The normalized spacial score (nSPS) is 45.8. The van der Waals surface area contributed by atoms with Crippen molar-refractivity contribution in [3.05, 3.63) is 0 Å². The van der Waals surface area contributed by atoms with Crippen LogP contribution in [0.5, 0.6) is 0 Å². The molecular weight excluding hydrogens is 944 g/mol. The molecule has 0 aromatic carbocycles. The van der Waals surface area contributed by atoms with Gasteiger partial charge in [0, 0.05) is 0 Å². The van der Waals surface area contributed by atoms with Crippen molar-refractivity contribution in [3.63, 3.8) is 0 Å². The Morgan fingerprint density at radius 1 is 0.486 bits per heavy atom. The monoisotopic (exact) mass is 1020 g/mol. The Labute approximate surface area is 405 Å². The molecule has 26 nitrogen and oxygen atoms in total. The Morgan fingerprint density at radius 3 is 1.50 bits per heavy atom. The fourth-order valence-electron chi connectivity index (χ4n) is 9.22. The molecule has 0 unspecified atom stereocenters. The molecule has 5 fully saturated rings. The third-order valence-corrected chi connectivity index (χ3v) is 13.6. The Morgan fingerprint density at radius 2 is 0.943 bits per heavy atom. The smallest absolute Gasteiger partial charge is 0.305 e. The minimum atomic E-state index is -1.93. The van der Waals surface area contributed by atoms with Crippen molar-refractivity contribution >= 4 is 5.97 Å². The number of unbranched alkanes of at least 4 members (excludes halogenated alkanes) is 4. The topological polar surface area (TPSA) is 413 Å².